The molecule has 29 heavy (non-hydrogen) atoms. The van der Waals surface area contributed by atoms with Crippen LogP contribution < -0.4 is 26.0 Å². The number of carbonyl (C=O) groups is 1. The summed E-state index contributed by atoms with van der Waals surface area (Å²) >= 11 is 7.59. The summed E-state index contributed by atoms with van der Waals surface area (Å²) in [7, 11) is 0. The average Bonchev–Trinajstić information content (AvgIpc) is 2.64. The van der Waals surface area contributed by atoms with Crippen LogP contribution in [0.2, 0.25) is 5.02 Å². The molecule has 4 fully saturated rings. The molecule has 1 aromatic rings. The molecule has 1 aromatic carbocycles. The molecule has 4 aliphatic rings. The van der Waals surface area contributed by atoms with Crippen LogP contribution in [-0.4, -0.2) is 60.4 Å². The molecule has 3 aliphatic carbocycles. The van der Waals surface area contributed by atoms with Crippen LogP contribution in [0, 0.1) is 5.82 Å². The molecule has 5 rings (SSSR count). The van der Waals surface area contributed by atoms with E-state index in [1.165, 1.54) is 12.1 Å². The maximum Gasteiger partial charge on any atom is 0.258 e. The van der Waals surface area contributed by atoms with Gasteiger partial charge in [0.05, 0.1) is 10.4 Å². The van der Waals surface area contributed by atoms with Crippen molar-refractivity contribution in [1.29, 1.82) is 0 Å². The zero-order valence-electron chi connectivity index (χ0n) is 16.5. The van der Waals surface area contributed by atoms with Crippen LogP contribution in [0.1, 0.15) is 26.2 Å². The first-order valence-electron chi connectivity index (χ1n) is 10.1. The van der Waals surface area contributed by atoms with Crippen LogP contribution in [-0.2, 0) is 4.79 Å². The number of hydrogen-bond acceptors (Lipinski definition) is 6. The van der Waals surface area contributed by atoms with Crippen LogP contribution in [0.25, 0.3) is 0 Å². The van der Waals surface area contributed by atoms with Crippen molar-refractivity contribution in [3.63, 3.8) is 0 Å². The number of ether oxygens (including phenoxy) is 1. The molecular formula is C20H28ClFN4O2S. The fourth-order valence-corrected chi connectivity index (χ4v) is 5.75. The van der Waals surface area contributed by atoms with Crippen molar-refractivity contribution < 1.29 is 13.9 Å². The van der Waals surface area contributed by atoms with Crippen LogP contribution in [0.15, 0.2) is 18.2 Å². The van der Waals surface area contributed by atoms with Crippen molar-refractivity contribution in [2.24, 2.45) is 0 Å². The van der Waals surface area contributed by atoms with Gasteiger partial charge < -0.3 is 20.7 Å². The third-order valence-corrected chi connectivity index (χ3v) is 7.27. The topological polar surface area (TPSA) is 74.4 Å². The van der Waals surface area contributed by atoms with Gasteiger partial charge in [0.2, 0.25) is 0 Å². The highest BCUT2D eigenvalue weighted by Crippen LogP contribution is 2.60. The average molecular weight is 443 g/mol. The maximum absolute atomic E-state index is 13.4. The van der Waals surface area contributed by atoms with Crippen LogP contribution in [0.5, 0.6) is 5.75 Å². The molecule has 3 saturated carbocycles. The lowest BCUT2D eigenvalue weighted by atomic mass is 9.44. The molecular weight excluding hydrogens is 415 g/mol. The summed E-state index contributed by atoms with van der Waals surface area (Å²) in [6.45, 7) is 4.98. The van der Waals surface area contributed by atoms with E-state index >= 15 is 0 Å². The van der Waals surface area contributed by atoms with E-state index in [-0.39, 0.29) is 28.6 Å². The smallest absolute Gasteiger partial charge is 0.258 e. The number of hydrogen-bond donors (Lipinski definition) is 4. The molecule has 4 N–H and O–H groups in total. The number of carbonyl (C=O) groups excluding carboxylic acids is 1. The zero-order chi connectivity index (χ0) is 20.5. The number of amides is 1. The molecule has 0 aromatic heterocycles. The summed E-state index contributed by atoms with van der Waals surface area (Å²) in [6.07, 6.45) is 2.86. The SMILES string of the molecule is CCSC1CNCC(CNC23CC(NC(=O)COc4ccc(Cl)c(F)c4)(C2)C3)N1. The van der Waals surface area contributed by atoms with Gasteiger partial charge in [0.1, 0.15) is 11.6 Å². The first-order valence-corrected chi connectivity index (χ1v) is 11.6. The summed E-state index contributed by atoms with van der Waals surface area (Å²) in [6, 6.07) is 4.59. The Morgan fingerprint density at radius 3 is 2.86 bits per heavy atom. The number of rotatable bonds is 9. The molecule has 1 heterocycles. The highest BCUT2D eigenvalue weighted by atomic mass is 35.5. The van der Waals surface area contributed by atoms with Gasteiger partial charge in [-0.2, -0.15) is 0 Å². The summed E-state index contributed by atoms with van der Waals surface area (Å²) in [4.78, 5) is 12.2. The van der Waals surface area contributed by atoms with Gasteiger partial charge in [-0.3, -0.25) is 10.1 Å². The van der Waals surface area contributed by atoms with Gasteiger partial charge >= 0.3 is 0 Å². The van der Waals surface area contributed by atoms with Crippen LogP contribution >= 0.6 is 23.4 Å². The third kappa shape index (κ3) is 4.82. The van der Waals surface area contributed by atoms with Crippen molar-refractivity contribution in [3.05, 3.63) is 29.0 Å². The van der Waals surface area contributed by atoms with Gasteiger partial charge in [0.25, 0.3) is 5.91 Å². The van der Waals surface area contributed by atoms with Crippen LogP contribution in [0.4, 0.5) is 4.39 Å². The molecule has 2 atom stereocenters. The second-order valence-electron chi connectivity index (χ2n) is 8.35. The highest BCUT2D eigenvalue weighted by molar-refractivity contribution is 7.99. The number of benzene rings is 1. The Bertz CT molecular complexity index is 746. The van der Waals surface area contributed by atoms with Gasteiger partial charge in [-0.1, -0.05) is 18.5 Å². The molecule has 6 nitrogen and oxygen atoms in total. The minimum Gasteiger partial charge on any atom is -0.484 e. The Balaban J connectivity index is 1.15. The normalized spacial score (nSPS) is 32.8. The number of nitrogens with one attached hydrogen (secondary N) is 4. The lowest BCUT2D eigenvalue weighted by molar-refractivity contribution is -0.143. The molecule has 2 bridgehead atoms. The van der Waals surface area contributed by atoms with Crippen molar-refractivity contribution in [1.82, 2.24) is 21.3 Å². The van der Waals surface area contributed by atoms with Gasteiger partial charge in [0.15, 0.2) is 6.61 Å². The zero-order valence-corrected chi connectivity index (χ0v) is 18.1. The molecule has 160 valence electrons. The first-order chi connectivity index (χ1) is 13.9. The van der Waals surface area contributed by atoms with E-state index in [0.29, 0.717) is 17.2 Å². The maximum atomic E-state index is 13.4. The lowest BCUT2D eigenvalue weighted by Crippen LogP contribution is -2.84. The molecule has 0 radical (unpaired) electrons. The van der Waals surface area contributed by atoms with Crippen molar-refractivity contribution >= 4 is 29.3 Å². The van der Waals surface area contributed by atoms with E-state index in [1.807, 2.05) is 11.8 Å². The minimum atomic E-state index is -0.556. The van der Waals surface area contributed by atoms with Crippen molar-refractivity contribution in [3.8, 4) is 5.75 Å². The Morgan fingerprint density at radius 2 is 2.14 bits per heavy atom. The summed E-state index contributed by atoms with van der Waals surface area (Å²) in [5.74, 6) is 0.680. The second kappa shape index (κ2) is 8.59. The summed E-state index contributed by atoms with van der Waals surface area (Å²) < 4.78 is 18.8. The Hall–Kier alpha value is -1.06. The highest BCUT2D eigenvalue weighted by Gasteiger charge is 2.68. The quantitative estimate of drug-likeness (QED) is 0.468. The largest absolute Gasteiger partial charge is 0.484 e. The third-order valence-electron chi connectivity index (χ3n) is 5.93. The van der Waals surface area contributed by atoms with Gasteiger partial charge in [-0.05, 0) is 37.1 Å². The van der Waals surface area contributed by atoms with Gasteiger partial charge in [0, 0.05) is 42.8 Å². The number of thioether (sulfide) groups is 1. The van der Waals surface area contributed by atoms with E-state index < -0.39 is 5.82 Å². The fourth-order valence-electron chi connectivity index (χ4n) is 4.70. The molecule has 1 amide bonds. The summed E-state index contributed by atoms with van der Waals surface area (Å²) in [5.41, 5.74) is 0.0670. The number of piperazine rings is 1. The van der Waals surface area contributed by atoms with E-state index in [1.54, 1.807) is 6.07 Å². The van der Waals surface area contributed by atoms with E-state index in [2.05, 4.69) is 28.2 Å². The Kier molecular flexibility index (Phi) is 6.27. The van der Waals surface area contributed by atoms with Gasteiger partial charge in [-0.25, -0.2) is 4.39 Å². The Morgan fingerprint density at radius 1 is 1.34 bits per heavy atom. The molecule has 2 unspecified atom stereocenters. The van der Waals surface area contributed by atoms with Crippen molar-refractivity contribution in [2.45, 2.75) is 48.7 Å². The molecule has 0 spiro atoms. The van der Waals surface area contributed by atoms with Crippen molar-refractivity contribution in [2.75, 3.05) is 32.0 Å². The predicted molar refractivity (Wildman–Crippen MR) is 114 cm³/mol. The van der Waals surface area contributed by atoms with Gasteiger partial charge in [-0.15, -0.1) is 11.8 Å². The standard InChI is InChI=1S/C20H28ClFN4O2S/c1-2-29-18-8-23-6-13(25-18)7-24-19-10-20(11-19,12-19)26-17(27)9-28-14-3-4-15(21)16(22)5-14/h3-5,13,18,23-25H,2,6-12H2,1H3,(H,26,27). The second-order valence-corrected chi connectivity index (χ2v) is 10.2. The van der Waals surface area contributed by atoms with Crippen LogP contribution in [0.3, 0.4) is 0 Å². The molecule has 1 aliphatic heterocycles. The Labute approximate surface area is 180 Å². The minimum absolute atomic E-state index is 0.0345. The fraction of sp³-hybridized carbons (Fsp3) is 0.650. The molecule has 9 heteroatoms. The predicted octanol–water partition coefficient (Wildman–Crippen LogP) is 1.88. The van der Waals surface area contributed by atoms with E-state index in [0.717, 1.165) is 44.6 Å². The monoisotopic (exact) mass is 442 g/mol. The summed E-state index contributed by atoms with van der Waals surface area (Å²) in [5, 5.41) is 14.5. The van der Waals surface area contributed by atoms with E-state index in [4.69, 9.17) is 16.3 Å². The number of halogens is 2. The van der Waals surface area contributed by atoms with E-state index in [9.17, 15) is 9.18 Å². The molecule has 1 saturated heterocycles. The first kappa shape index (κ1) is 21.2. The lowest BCUT2D eigenvalue weighted by Gasteiger charge is -2.71.